The van der Waals surface area contributed by atoms with Gasteiger partial charge in [-0.3, -0.25) is 4.79 Å². The van der Waals surface area contributed by atoms with E-state index in [1.807, 2.05) is 6.92 Å². The van der Waals surface area contributed by atoms with Gasteiger partial charge in [0.1, 0.15) is 4.88 Å². The molecule has 0 radical (unpaired) electrons. The van der Waals surface area contributed by atoms with Crippen molar-refractivity contribution in [2.24, 2.45) is 0 Å². The molecule has 1 aromatic carbocycles. The first-order chi connectivity index (χ1) is 10.4. The Morgan fingerprint density at radius 2 is 1.86 bits per heavy atom. The molecule has 0 spiro atoms. The second-order valence-corrected chi connectivity index (χ2v) is 6.44. The Bertz CT molecular complexity index is 715. The number of esters is 1. The van der Waals surface area contributed by atoms with Gasteiger partial charge in [0.2, 0.25) is 0 Å². The number of nitrogens with one attached hydrogen (secondary N) is 1. The van der Waals surface area contributed by atoms with Gasteiger partial charge in [-0.15, -0.1) is 11.3 Å². The van der Waals surface area contributed by atoms with E-state index in [2.05, 4.69) is 10.1 Å². The van der Waals surface area contributed by atoms with Crippen LogP contribution in [0.1, 0.15) is 37.9 Å². The summed E-state index contributed by atoms with van der Waals surface area (Å²) in [6, 6.07) is 7.96. The average molecular weight is 358 g/mol. The summed E-state index contributed by atoms with van der Waals surface area (Å²) in [4.78, 5) is 24.4. The Morgan fingerprint density at radius 1 is 1.18 bits per heavy atom. The van der Waals surface area contributed by atoms with Gasteiger partial charge in [-0.1, -0.05) is 29.3 Å². The lowest BCUT2D eigenvalue weighted by molar-refractivity contribution is 0.0606. The summed E-state index contributed by atoms with van der Waals surface area (Å²) < 4.78 is 4.62. The molecule has 1 aromatic heterocycles. The van der Waals surface area contributed by atoms with Gasteiger partial charge >= 0.3 is 5.97 Å². The number of ether oxygens (including phenoxy) is 1. The van der Waals surface area contributed by atoms with Crippen LogP contribution in [-0.4, -0.2) is 19.0 Å². The van der Waals surface area contributed by atoms with Crippen LogP contribution in [-0.2, 0) is 4.74 Å². The summed E-state index contributed by atoms with van der Waals surface area (Å²) in [6.07, 6.45) is 0. The topological polar surface area (TPSA) is 55.4 Å². The molecule has 1 amide bonds. The summed E-state index contributed by atoms with van der Waals surface area (Å²) in [6.45, 7) is 1.82. The Kier molecular flexibility index (Phi) is 5.45. The number of carbonyl (C=O) groups excluding carboxylic acids is 2. The first-order valence-corrected chi connectivity index (χ1v) is 7.93. The zero-order valence-corrected chi connectivity index (χ0v) is 14.2. The third kappa shape index (κ3) is 3.80. The van der Waals surface area contributed by atoms with Crippen LogP contribution in [0.2, 0.25) is 10.0 Å². The molecule has 116 valence electrons. The lowest BCUT2D eigenvalue weighted by Crippen LogP contribution is -2.26. The molecular weight excluding hydrogens is 345 g/mol. The van der Waals surface area contributed by atoms with Gasteiger partial charge < -0.3 is 10.1 Å². The summed E-state index contributed by atoms with van der Waals surface area (Å²) in [5.74, 6) is -0.739. The number of rotatable bonds is 4. The van der Waals surface area contributed by atoms with Crippen molar-refractivity contribution in [1.29, 1.82) is 0 Å². The van der Waals surface area contributed by atoms with E-state index in [0.717, 1.165) is 16.9 Å². The van der Waals surface area contributed by atoms with Crippen LogP contribution in [0.15, 0.2) is 30.3 Å². The maximum atomic E-state index is 12.2. The molecule has 1 N–H and O–H groups in total. The van der Waals surface area contributed by atoms with Gasteiger partial charge in [0.25, 0.3) is 5.91 Å². The zero-order valence-electron chi connectivity index (χ0n) is 11.9. The normalized spacial score (nSPS) is 11.8. The van der Waals surface area contributed by atoms with Gasteiger partial charge in [0.15, 0.2) is 0 Å². The lowest BCUT2D eigenvalue weighted by atomic mass is 10.1. The first kappa shape index (κ1) is 16.8. The minimum absolute atomic E-state index is 0.279. The van der Waals surface area contributed by atoms with Crippen LogP contribution in [0.5, 0.6) is 0 Å². The number of methoxy groups -OCH3 is 1. The molecule has 0 aliphatic carbocycles. The Balaban J connectivity index is 2.11. The molecule has 2 rings (SSSR count). The van der Waals surface area contributed by atoms with Crippen LogP contribution in [0, 0.1) is 0 Å². The van der Waals surface area contributed by atoms with E-state index in [1.165, 1.54) is 7.11 Å². The van der Waals surface area contributed by atoms with E-state index in [9.17, 15) is 9.59 Å². The third-order valence-corrected chi connectivity index (χ3v) is 4.62. The van der Waals surface area contributed by atoms with Crippen molar-refractivity contribution in [2.45, 2.75) is 13.0 Å². The fourth-order valence-corrected chi connectivity index (χ4v) is 3.27. The smallest absolute Gasteiger partial charge is 0.348 e. The molecule has 1 atom stereocenters. The standard InChI is InChI=1S/C15H13Cl2NO3S/c1-8(10-4-3-9(16)7-11(10)17)18-14(19)12-5-6-13(22-12)15(20)21-2/h3-8H,1-2H3,(H,18,19). The second kappa shape index (κ2) is 7.13. The summed E-state index contributed by atoms with van der Waals surface area (Å²) in [5, 5.41) is 3.86. The molecule has 7 heteroatoms. The molecule has 22 heavy (non-hydrogen) atoms. The number of amides is 1. The van der Waals surface area contributed by atoms with Crippen molar-refractivity contribution in [3.8, 4) is 0 Å². The van der Waals surface area contributed by atoms with Crippen molar-refractivity contribution in [3.63, 3.8) is 0 Å². The number of benzene rings is 1. The number of hydrogen-bond donors (Lipinski definition) is 1. The van der Waals surface area contributed by atoms with E-state index >= 15 is 0 Å². The van der Waals surface area contributed by atoms with Crippen molar-refractivity contribution in [2.75, 3.05) is 7.11 Å². The molecule has 0 saturated heterocycles. The maximum absolute atomic E-state index is 12.2. The van der Waals surface area contributed by atoms with Gasteiger partial charge in [0, 0.05) is 10.0 Å². The highest BCUT2D eigenvalue weighted by Crippen LogP contribution is 2.26. The SMILES string of the molecule is COC(=O)c1ccc(C(=O)NC(C)c2ccc(Cl)cc2Cl)s1. The molecule has 0 saturated carbocycles. The van der Waals surface area contributed by atoms with Gasteiger partial charge in [-0.05, 0) is 36.8 Å². The van der Waals surface area contributed by atoms with Crippen LogP contribution >= 0.6 is 34.5 Å². The highest BCUT2D eigenvalue weighted by Gasteiger charge is 2.17. The molecule has 0 aliphatic heterocycles. The molecular formula is C15H13Cl2NO3S. The third-order valence-electron chi connectivity index (χ3n) is 2.99. The molecule has 4 nitrogen and oxygen atoms in total. The number of hydrogen-bond acceptors (Lipinski definition) is 4. The Morgan fingerprint density at radius 3 is 2.50 bits per heavy atom. The first-order valence-electron chi connectivity index (χ1n) is 6.36. The van der Waals surface area contributed by atoms with Gasteiger partial charge in [-0.25, -0.2) is 4.79 Å². The summed E-state index contributed by atoms with van der Waals surface area (Å²) >= 11 is 13.1. The molecule has 0 fully saturated rings. The van der Waals surface area contributed by atoms with Crippen molar-refractivity contribution < 1.29 is 14.3 Å². The van der Waals surface area contributed by atoms with Gasteiger partial charge in [-0.2, -0.15) is 0 Å². The van der Waals surface area contributed by atoms with Gasteiger partial charge in [0.05, 0.1) is 18.0 Å². The van der Waals surface area contributed by atoms with Crippen molar-refractivity contribution in [1.82, 2.24) is 5.32 Å². The van der Waals surface area contributed by atoms with Crippen molar-refractivity contribution >= 4 is 46.4 Å². The van der Waals surface area contributed by atoms with E-state index in [0.29, 0.717) is 19.8 Å². The Hall–Kier alpha value is -1.56. The lowest BCUT2D eigenvalue weighted by Gasteiger charge is -2.15. The molecule has 1 heterocycles. The predicted molar refractivity (Wildman–Crippen MR) is 88.0 cm³/mol. The summed E-state index contributed by atoms with van der Waals surface area (Å²) in [7, 11) is 1.30. The van der Waals surface area contributed by atoms with Crippen LogP contribution in [0.25, 0.3) is 0 Å². The zero-order chi connectivity index (χ0) is 16.3. The largest absolute Gasteiger partial charge is 0.465 e. The fraction of sp³-hybridized carbons (Fsp3) is 0.200. The Labute approximate surface area is 142 Å². The quantitative estimate of drug-likeness (QED) is 0.828. The predicted octanol–water partition coefficient (Wildman–Crippen LogP) is 4.33. The fourth-order valence-electron chi connectivity index (χ4n) is 1.87. The number of thiophene rings is 1. The van der Waals surface area contributed by atoms with Crippen molar-refractivity contribution in [3.05, 3.63) is 55.7 Å². The second-order valence-electron chi connectivity index (χ2n) is 4.52. The monoisotopic (exact) mass is 357 g/mol. The molecule has 0 aliphatic rings. The number of carbonyl (C=O) groups is 2. The van der Waals surface area contributed by atoms with E-state index < -0.39 is 5.97 Å². The highest BCUT2D eigenvalue weighted by molar-refractivity contribution is 7.15. The van der Waals surface area contributed by atoms with Crippen LogP contribution in [0.3, 0.4) is 0 Å². The minimum Gasteiger partial charge on any atom is -0.465 e. The minimum atomic E-state index is -0.460. The maximum Gasteiger partial charge on any atom is 0.348 e. The van der Waals surface area contributed by atoms with Crippen LogP contribution in [0.4, 0.5) is 0 Å². The number of halogens is 2. The molecule has 0 bridgehead atoms. The van der Waals surface area contributed by atoms with E-state index in [-0.39, 0.29) is 11.9 Å². The van der Waals surface area contributed by atoms with E-state index in [1.54, 1.807) is 30.3 Å². The molecule has 2 aromatic rings. The average Bonchev–Trinajstić information content (AvgIpc) is 2.96. The highest BCUT2D eigenvalue weighted by atomic mass is 35.5. The molecule has 1 unspecified atom stereocenters. The van der Waals surface area contributed by atoms with Crippen LogP contribution < -0.4 is 5.32 Å². The summed E-state index contributed by atoms with van der Waals surface area (Å²) in [5.41, 5.74) is 0.768. The van der Waals surface area contributed by atoms with E-state index in [4.69, 9.17) is 23.2 Å².